The summed E-state index contributed by atoms with van der Waals surface area (Å²) in [6.07, 6.45) is 13.6. The van der Waals surface area contributed by atoms with Gasteiger partial charge in [-0.3, -0.25) is 9.59 Å². The average Bonchev–Trinajstić information content (AvgIpc) is 3.56. The highest BCUT2D eigenvalue weighted by Gasteiger charge is 2.67. The molecule has 2 amide bonds. The number of amides is 2. The molecule has 0 spiro atoms. The van der Waals surface area contributed by atoms with Crippen LogP contribution < -0.4 is 10.6 Å². The summed E-state index contributed by atoms with van der Waals surface area (Å²) in [5.74, 6) is 2.22. The maximum atomic E-state index is 14.2. The second-order valence-corrected chi connectivity index (χ2v) is 18.3. The molecule has 5 aliphatic carbocycles. The lowest BCUT2D eigenvalue weighted by molar-refractivity contribution is -0.214. The van der Waals surface area contributed by atoms with E-state index in [9.17, 15) is 24.6 Å². The Morgan fingerprint density at radius 3 is 2.10 bits per heavy atom. The molecule has 51 heavy (non-hydrogen) atoms. The van der Waals surface area contributed by atoms with Crippen molar-refractivity contribution in [1.82, 2.24) is 10.6 Å². The zero-order chi connectivity index (χ0) is 36.2. The number of aromatic carboxylic acids is 1. The first kappa shape index (κ1) is 36.2. The van der Waals surface area contributed by atoms with E-state index in [1.165, 1.54) is 32.1 Å². The molecule has 0 aliphatic heterocycles. The SMILES string of the molecule is CC1(C)C(O)CCC2(C)C1CCC1(C)C3CCC4(C(=O)NCCc5cccc(C(=O)NCCc6cccc(C(=O)O)c6)c5)CCCC4C3CCC12. The number of carboxylic acid groups (broad SMARTS) is 1. The van der Waals surface area contributed by atoms with Crippen LogP contribution in [0.5, 0.6) is 0 Å². The predicted octanol–water partition coefficient (Wildman–Crippen LogP) is 7.84. The zero-order valence-electron chi connectivity index (χ0n) is 31.3. The Labute approximate surface area is 304 Å². The minimum atomic E-state index is -0.959. The van der Waals surface area contributed by atoms with E-state index in [4.69, 9.17) is 0 Å². The van der Waals surface area contributed by atoms with Gasteiger partial charge in [0, 0.05) is 18.7 Å². The fourth-order valence-corrected chi connectivity index (χ4v) is 13.2. The molecule has 9 unspecified atom stereocenters. The van der Waals surface area contributed by atoms with Crippen LogP contribution in [0.1, 0.15) is 130 Å². The number of carboxylic acids is 1. The number of carbonyl (C=O) groups excluding carboxylic acids is 2. The van der Waals surface area contributed by atoms with Crippen molar-refractivity contribution in [2.75, 3.05) is 13.1 Å². The zero-order valence-corrected chi connectivity index (χ0v) is 31.3. The van der Waals surface area contributed by atoms with E-state index < -0.39 is 5.97 Å². The third-order valence-electron chi connectivity index (χ3n) is 15.7. The predicted molar refractivity (Wildman–Crippen MR) is 199 cm³/mol. The van der Waals surface area contributed by atoms with E-state index in [0.717, 1.165) is 49.7 Å². The first-order chi connectivity index (χ1) is 24.3. The summed E-state index contributed by atoms with van der Waals surface area (Å²) in [6, 6.07) is 14.4. The summed E-state index contributed by atoms with van der Waals surface area (Å²) < 4.78 is 0. The van der Waals surface area contributed by atoms with Crippen molar-refractivity contribution in [2.45, 2.75) is 117 Å². The van der Waals surface area contributed by atoms with Crippen LogP contribution in [0.15, 0.2) is 48.5 Å². The van der Waals surface area contributed by atoms with Crippen LogP contribution in [0.4, 0.5) is 0 Å². The van der Waals surface area contributed by atoms with Gasteiger partial charge in [0.2, 0.25) is 5.91 Å². The second kappa shape index (κ2) is 13.7. The van der Waals surface area contributed by atoms with Gasteiger partial charge in [-0.15, -0.1) is 0 Å². The summed E-state index contributed by atoms with van der Waals surface area (Å²) in [4.78, 5) is 38.4. The Morgan fingerprint density at radius 1 is 0.706 bits per heavy atom. The molecular weight excluding hydrogens is 636 g/mol. The number of nitrogens with one attached hydrogen (secondary N) is 2. The van der Waals surface area contributed by atoms with Crippen LogP contribution >= 0.6 is 0 Å². The molecule has 2 aromatic rings. The highest BCUT2D eigenvalue weighted by Crippen LogP contribution is 2.73. The van der Waals surface area contributed by atoms with Gasteiger partial charge in [-0.2, -0.15) is 0 Å². The van der Waals surface area contributed by atoms with E-state index >= 15 is 0 Å². The summed E-state index contributed by atoms with van der Waals surface area (Å²) in [5.41, 5.74) is 3.06. The first-order valence-electron chi connectivity index (χ1n) is 20.0. The smallest absolute Gasteiger partial charge is 0.335 e. The minimum absolute atomic E-state index is 0.0241. The van der Waals surface area contributed by atoms with Gasteiger partial charge in [0.05, 0.1) is 17.1 Å². The molecule has 0 heterocycles. The molecule has 5 aliphatic rings. The van der Waals surface area contributed by atoms with Gasteiger partial charge >= 0.3 is 5.97 Å². The van der Waals surface area contributed by atoms with Crippen molar-refractivity contribution in [2.24, 2.45) is 51.2 Å². The maximum absolute atomic E-state index is 14.2. The monoisotopic (exact) mass is 696 g/mol. The number of aliphatic hydroxyl groups is 1. The van der Waals surface area contributed by atoms with Gasteiger partial charge < -0.3 is 20.8 Å². The third-order valence-corrected chi connectivity index (χ3v) is 15.7. The average molecular weight is 697 g/mol. The van der Waals surface area contributed by atoms with Gasteiger partial charge in [-0.1, -0.05) is 58.4 Å². The van der Waals surface area contributed by atoms with Crippen LogP contribution in [0.3, 0.4) is 0 Å². The fourth-order valence-electron chi connectivity index (χ4n) is 13.2. The molecule has 276 valence electrons. The fraction of sp³-hybridized carbons (Fsp3) is 0.659. The molecule has 4 N–H and O–H groups in total. The molecule has 5 saturated carbocycles. The normalized spacial score (nSPS) is 36.5. The summed E-state index contributed by atoms with van der Waals surface area (Å²) in [5, 5.41) is 26.6. The van der Waals surface area contributed by atoms with Crippen molar-refractivity contribution < 1.29 is 24.6 Å². The van der Waals surface area contributed by atoms with E-state index in [0.29, 0.717) is 66.5 Å². The quantitative estimate of drug-likeness (QED) is 0.213. The molecule has 7 heteroatoms. The van der Waals surface area contributed by atoms with Gasteiger partial charge in [-0.05, 0) is 158 Å². The topological polar surface area (TPSA) is 116 Å². The molecule has 9 atom stereocenters. The summed E-state index contributed by atoms with van der Waals surface area (Å²) >= 11 is 0. The van der Waals surface area contributed by atoms with Gasteiger partial charge in [-0.25, -0.2) is 4.79 Å². The van der Waals surface area contributed by atoms with Crippen LogP contribution in [0.2, 0.25) is 0 Å². The molecular formula is C44H60N2O5. The lowest BCUT2D eigenvalue weighted by atomic mass is 9.36. The molecule has 0 radical (unpaired) electrons. The number of fused-ring (bicyclic) bond motifs is 7. The molecule has 0 bridgehead atoms. The van der Waals surface area contributed by atoms with E-state index in [1.54, 1.807) is 18.2 Å². The Balaban J connectivity index is 0.952. The Bertz CT molecular complexity index is 1650. The van der Waals surface area contributed by atoms with Crippen molar-refractivity contribution in [1.29, 1.82) is 0 Å². The van der Waals surface area contributed by atoms with E-state index in [1.807, 2.05) is 30.3 Å². The van der Waals surface area contributed by atoms with Gasteiger partial charge in [0.25, 0.3) is 5.91 Å². The largest absolute Gasteiger partial charge is 0.478 e. The summed E-state index contributed by atoms with van der Waals surface area (Å²) in [6.45, 7) is 10.8. The van der Waals surface area contributed by atoms with Crippen LogP contribution in [0, 0.1) is 51.2 Å². The molecule has 0 saturated heterocycles. The number of aliphatic hydroxyl groups excluding tert-OH is 1. The molecule has 0 aromatic heterocycles. The Hall–Kier alpha value is -3.19. The lowest BCUT2D eigenvalue weighted by Crippen LogP contribution is -2.63. The molecule has 5 fully saturated rings. The number of rotatable bonds is 9. The third kappa shape index (κ3) is 6.23. The van der Waals surface area contributed by atoms with Gasteiger partial charge in [0.1, 0.15) is 0 Å². The van der Waals surface area contributed by atoms with Gasteiger partial charge in [0.15, 0.2) is 0 Å². The Kier molecular flexibility index (Phi) is 9.69. The summed E-state index contributed by atoms with van der Waals surface area (Å²) in [7, 11) is 0. The highest BCUT2D eigenvalue weighted by atomic mass is 16.4. The number of carbonyl (C=O) groups is 3. The highest BCUT2D eigenvalue weighted by molar-refractivity contribution is 5.94. The van der Waals surface area contributed by atoms with Crippen LogP contribution in [-0.4, -0.2) is 47.2 Å². The van der Waals surface area contributed by atoms with Crippen LogP contribution in [0.25, 0.3) is 0 Å². The maximum Gasteiger partial charge on any atom is 0.335 e. The first-order valence-corrected chi connectivity index (χ1v) is 20.0. The standard InChI is InChI=1S/C44H60N2O5/c1-41(2)35-16-21-42(3)33-15-23-44(20-7-12-34(44)32(33)13-14-36(42)43(35,4)22-17-37(41)47)40(51)46-25-19-28-8-5-10-30(26-28)38(48)45-24-18-29-9-6-11-31(27-29)39(49)50/h5-6,8-11,26-27,32-37,47H,7,12-25H2,1-4H3,(H,45,48)(H,46,51)(H,49,50). The molecule has 7 nitrogen and oxygen atoms in total. The van der Waals surface area contributed by atoms with Crippen molar-refractivity contribution in [3.63, 3.8) is 0 Å². The minimum Gasteiger partial charge on any atom is -0.478 e. The van der Waals surface area contributed by atoms with Crippen molar-refractivity contribution >= 4 is 17.8 Å². The number of hydrogen-bond acceptors (Lipinski definition) is 4. The van der Waals surface area contributed by atoms with E-state index in [2.05, 4.69) is 38.3 Å². The van der Waals surface area contributed by atoms with Crippen molar-refractivity contribution in [3.8, 4) is 0 Å². The van der Waals surface area contributed by atoms with Crippen molar-refractivity contribution in [3.05, 3.63) is 70.8 Å². The molecule has 2 aromatic carbocycles. The lowest BCUT2D eigenvalue weighted by Gasteiger charge is -2.69. The molecule has 7 rings (SSSR count). The number of hydrogen-bond donors (Lipinski definition) is 4. The second-order valence-electron chi connectivity index (χ2n) is 18.3. The Morgan fingerprint density at radius 2 is 1.37 bits per heavy atom. The number of benzene rings is 2. The van der Waals surface area contributed by atoms with E-state index in [-0.39, 0.29) is 39.7 Å². The van der Waals surface area contributed by atoms with Crippen LogP contribution in [-0.2, 0) is 17.6 Å².